The van der Waals surface area contributed by atoms with Crippen molar-refractivity contribution in [1.82, 2.24) is 0 Å². The Bertz CT molecular complexity index is 347. The number of halogens is 5. The number of rotatable bonds is 7. The van der Waals surface area contributed by atoms with Crippen LogP contribution in [-0.4, -0.2) is 30.3 Å². The molecule has 0 spiro atoms. The van der Waals surface area contributed by atoms with E-state index in [0.29, 0.717) is 12.8 Å². The third-order valence-electron chi connectivity index (χ3n) is 2.16. The molecule has 0 saturated carbocycles. The van der Waals surface area contributed by atoms with E-state index in [-0.39, 0.29) is 36.0 Å². The van der Waals surface area contributed by atoms with Gasteiger partial charge in [-0.25, -0.2) is 12.8 Å². The first kappa shape index (κ1) is 20.9. The van der Waals surface area contributed by atoms with Crippen molar-refractivity contribution in [3.63, 3.8) is 0 Å². The van der Waals surface area contributed by atoms with Crippen molar-refractivity contribution in [2.45, 2.75) is 50.0 Å². The maximum Gasteiger partial charge on any atom is 1.00 e. The molecular weight excluding hydrogens is 294 g/mol. The summed E-state index contributed by atoms with van der Waals surface area (Å²) in [7, 11) is -6.61. The molecule has 0 aromatic carbocycles. The first-order valence-electron chi connectivity index (χ1n) is 4.83. The van der Waals surface area contributed by atoms with Gasteiger partial charge in [0, 0.05) is 0 Å². The van der Waals surface area contributed by atoms with Gasteiger partial charge in [-0.2, -0.15) is 17.6 Å². The van der Waals surface area contributed by atoms with Crippen LogP contribution >= 0.6 is 0 Å². The van der Waals surface area contributed by atoms with E-state index in [4.69, 9.17) is 0 Å². The first-order valence-corrected chi connectivity index (χ1v) is 6.24. The molecule has 0 aromatic heterocycles. The molecule has 10 heteroatoms. The largest absolute Gasteiger partial charge is 1.00 e. The van der Waals surface area contributed by atoms with Gasteiger partial charge in [-0.3, -0.25) is 0 Å². The molecule has 0 saturated heterocycles. The van der Waals surface area contributed by atoms with Crippen molar-refractivity contribution in [1.29, 1.82) is 0 Å². The van der Waals surface area contributed by atoms with Gasteiger partial charge in [0.15, 0.2) is 16.3 Å². The third-order valence-corrected chi connectivity index (χ3v) is 3.06. The number of hydrogen-bond acceptors (Lipinski definition) is 3. The second-order valence-corrected chi connectivity index (χ2v) is 4.98. The van der Waals surface area contributed by atoms with E-state index in [1.807, 2.05) is 0 Å². The Labute approximate surface area is 124 Å². The summed E-state index contributed by atoms with van der Waals surface area (Å²) in [4.78, 5) is 0. The van der Waals surface area contributed by atoms with Crippen molar-refractivity contribution in [3.05, 3.63) is 0 Å². The fourth-order valence-corrected chi connectivity index (χ4v) is 1.57. The molecule has 3 nitrogen and oxygen atoms in total. The van der Waals surface area contributed by atoms with Gasteiger partial charge in [0.05, 0.1) is 0 Å². The van der Waals surface area contributed by atoms with Gasteiger partial charge in [-0.15, -0.1) is 0 Å². The van der Waals surface area contributed by atoms with Crippen LogP contribution in [-0.2, 0) is 10.1 Å². The van der Waals surface area contributed by atoms with Crippen LogP contribution < -0.4 is 29.6 Å². The van der Waals surface area contributed by atoms with Crippen LogP contribution in [0.3, 0.4) is 0 Å². The van der Waals surface area contributed by atoms with Crippen LogP contribution in [0.4, 0.5) is 22.0 Å². The molecule has 0 N–H and O–H groups in total. The van der Waals surface area contributed by atoms with Gasteiger partial charge < -0.3 is 4.55 Å². The van der Waals surface area contributed by atoms with Crippen molar-refractivity contribution >= 4 is 10.1 Å². The summed E-state index contributed by atoms with van der Waals surface area (Å²) in [6.07, 6.45) is -3.50. The molecule has 1 unspecified atom stereocenters. The minimum absolute atomic E-state index is 0. The van der Waals surface area contributed by atoms with Crippen molar-refractivity contribution in [2.24, 2.45) is 0 Å². The SMILES string of the molecule is CCCCCC(F)C(F)(F)C(F)(F)S(=O)(=O)[O-].[Na+]. The second kappa shape index (κ2) is 7.37. The van der Waals surface area contributed by atoms with Gasteiger partial charge in [-0.1, -0.05) is 26.2 Å². The van der Waals surface area contributed by atoms with Gasteiger partial charge in [0.2, 0.25) is 0 Å². The van der Waals surface area contributed by atoms with Crippen LogP contribution in [0.5, 0.6) is 0 Å². The Morgan fingerprint density at radius 3 is 1.94 bits per heavy atom. The number of alkyl halides is 5. The Hall–Kier alpha value is 0.560. The Balaban J connectivity index is 0. The van der Waals surface area contributed by atoms with Gasteiger partial charge in [0.25, 0.3) is 0 Å². The molecule has 0 aliphatic carbocycles. The van der Waals surface area contributed by atoms with E-state index in [0.717, 1.165) is 0 Å². The average Bonchev–Trinajstić information content (AvgIpc) is 2.15. The summed E-state index contributed by atoms with van der Waals surface area (Å²) >= 11 is 0. The quantitative estimate of drug-likeness (QED) is 0.280. The zero-order chi connectivity index (χ0) is 13.9. The minimum Gasteiger partial charge on any atom is -0.743 e. The van der Waals surface area contributed by atoms with E-state index in [1.165, 1.54) is 0 Å². The zero-order valence-corrected chi connectivity index (χ0v) is 12.7. The van der Waals surface area contributed by atoms with E-state index in [9.17, 15) is 34.9 Å². The monoisotopic (exact) mass is 306 g/mol. The van der Waals surface area contributed by atoms with Crippen LogP contribution in [0.25, 0.3) is 0 Å². The molecule has 18 heavy (non-hydrogen) atoms. The molecule has 0 radical (unpaired) electrons. The number of unbranched alkanes of at least 4 members (excludes halogenated alkanes) is 2. The molecule has 0 bridgehead atoms. The van der Waals surface area contributed by atoms with Gasteiger partial charge >= 0.3 is 40.7 Å². The van der Waals surface area contributed by atoms with Crippen LogP contribution in [0, 0.1) is 0 Å². The molecule has 0 fully saturated rings. The fraction of sp³-hybridized carbons (Fsp3) is 1.00. The molecular formula is C8H12F5NaO3S. The Morgan fingerprint density at radius 1 is 1.17 bits per heavy atom. The summed E-state index contributed by atoms with van der Waals surface area (Å²) in [5.41, 5.74) is 0. The maximum atomic E-state index is 12.9. The molecule has 1 atom stereocenters. The maximum absolute atomic E-state index is 12.9. The number of hydrogen-bond donors (Lipinski definition) is 0. The van der Waals surface area contributed by atoms with E-state index >= 15 is 0 Å². The van der Waals surface area contributed by atoms with Gasteiger partial charge in [0.1, 0.15) is 0 Å². The molecule has 104 valence electrons. The molecule has 0 aromatic rings. The average molecular weight is 306 g/mol. The molecule has 0 aliphatic rings. The predicted octanol–water partition coefficient (Wildman–Crippen LogP) is -0.318. The third kappa shape index (κ3) is 4.59. The fourth-order valence-electron chi connectivity index (χ4n) is 1.10. The zero-order valence-electron chi connectivity index (χ0n) is 9.93. The molecule has 0 aliphatic heterocycles. The Kier molecular flexibility index (Phi) is 8.55. The van der Waals surface area contributed by atoms with Crippen molar-refractivity contribution in [2.75, 3.05) is 0 Å². The van der Waals surface area contributed by atoms with Crippen LogP contribution in [0.1, 0.15) is 32.6 Å². The second-order valence-electron chi connectivity index (χ2n) is 3.56. The van der Waals surface area contributed by atoms with Crippen molar-refractivity contribution < 1.29 is 64.5 Å². The molecule has 0 heterocycles. The summed E-state index contributed by atoms with van der Waals surface area (Å²) < 4.78 is 93.6. The normalized spacial score (nSPS) is 15.1. The first-order chi connectivity index (χ1) is 7.48. The summed E-state index contributed by atoms with van der Waals surface area (Å²) in [5, 5.41) is -5.94. The summed E-state index contributed by atoms with van der Waals surface area (Å²) in [6.45, 7) is 1.68. The smallest absolute Gasteiger partial charge is 0.743 e. The standard InChI is InChI=1S/C8H13F5O3S.Na/c1-2-3-4-5-6(9)7(10,11)8(12,13)17(14,15)16;/h6H,2-5H2,1H3,(H,14,15,16);/q;+1/p-1. The van der Waals surface area contributed by atoms with E-state index in [1.54, 1.807) is 6.92 Å². The minimum atomic E-state index is -6.61. The molecule has 0 rings (SSSR count). The van der Waals surface area contributed by atoms with Crippen LogP contribution in [0.2, 0.25) is 0 Å². The summed E-state index contributed by atoms with van der Waals surface area (Å²) in [5.74, 6) is -5.51. The molecule has 0 amide bonds. The van der Waals surface area contributed by atoms with E-state index < -0.39 is 33.9 Å². The Morgan fingerprint density at radius 2 is 1.61 bits per heavy atom. The predicted molar refractivity (Wildman–Crippen MR) is 48.6 cm³/mol. The van der Waals surface area contributed by atoms with E-state index in [2.05, 4.69) is 0 Å². The van der Waals surface area contributed by atoms with Crippen molar-refractivity contribution in [3.8, 4) is 0 Å². The summed E-state index contributed by atoms with van der Waals surface area (Å²) in [6, 6.07) is 0. The topological polar surface area (TPSA) is 57.2 Å². The van der Waals surface area contributed by atoms with Crippen LogP contribution in [0.15, 0.2) is 0 Å². The van der Waals surface area contributed by atoms with Gasteiger partial charge in [-0.05, 0) is 6.42 Å².